The number of aryl methyl sites for hydroxylation is 1. The highest BCUT2D eigenvalue weighted by molar-refractivity contribution is 6.14. The van der Waals surface area contributed by atoms with Gasteiger partial charge in [-0.25, -0.2) is 15.0 Å². The molecule has 0 amide bonds. The van der Waals surface area contributed by atoms with Gasteiger partial charge in [-0.2, -0.15) is 5.26 Å². The minimum Gasteiger partial charge on any atom is -0.208 e. The maximum atomic E-state index is 9.31. The predicted molar refractivity (Wildman–Crippen MR) is 204 cm³/mol. The van der Waals surface area contributed by atoms with Gasteiger partial charge in [0.1, 0.15) is 0 Å². The van der Waals surface area contributed by atoms with Crippen molar-refractivity contribution < 1.29 is 0 Å². The monoisotopic (exact) mass is 638 g/mol. The molecule has 1 aliphatic rings. The Hall–Kier alpha value is -6.70. The summed E-state index contributed by atoms with van der Waals surface area (Å²) in [4.78, 5) is 14.7. The first-order valence-electron chi connectivity index (χ1n) is 16.9. The molecule has 234 valence electrons. The lowest BCUT2D eigenvalue weighted by molar-refractivity contribution is 1.02. The van der Waals surface area contributed by atoms with Gasteiger partial charge in [0.05, 0.1) is 11.6 Å². The van der Waals surface area contributed by atoms with Gasteiger partial charge >= 0.3 is 0 Å². The zero-order valence-corrected chi connectivity index (χ0v) is 27.2. The molecule has 0 bridgehead atoms. The third kappa shape index (κ3) is 5.32. The molecule has 0 unspecified atom stereocenters. The van der Waals surface area contributed by atoms with Gasteiger partial charge in [-0.1, -0.05) is 121 Å². The number of nitriles is 1. The first-order chi connectivity index (χ1) is 24.7. The van der Waals surface area contributed by atoms with Crippen LogP contribution in [0.25, 0.3) is 78.5 Å². The Balaban J connectivity index is 1.11. The molecule has 0 saturated carbocycles. The summed E-state index contributed by atoms with van der Waals surface area (Å²) in [6.45, 7) is 0. The van der Waals surface area contributed by atoms with Crippen LogP contribution in [0.15, 0.2) is 152 Å². The van der Waals surface area contributed by atoms with Gasteiger partial charge < -0.3 is 0 Å². The molecular formula is C46H30N4. The van der Waals surface area contributed by atoms with E-state index < -0.39 is 0 Å². The normalized spacial score (nSPS) is 12.3. The minimum absolute atomic E-state index is 0.565. The zero-order chi connectivity index (χ0) is 33.4. The van der Waals surface area contributed by atoms with Crippen molar-refractivity contribution in [3.8, 4) is 51.4 Å². The van der Waals surface area contributed by atoms with E-state index in [1.807, 2.05) is 42.5 Å². The molecule has 0 aliphatic heterocycles. The van der Waals surface area contributed by atoms with Crippen LogP contribution in [0.5, 0.6) is 0 Å². The van der Waals surface area contributed by atoms with Crippen LogP contribution < -0.4 is 0 Å². The summed E-state index contributed by atoms with van der Waals surface area (Å²) >= 11 is 0. The van der Waals surface area contributed by atoms with E-state index in [4.69, 9.17) is 15.0 Å². The van der Waals surface area contributed by atoms with Crippen LogP contribution in [-0.4, -0.2) is 15.0 Å². The first kappa shape index (κ1) is 29.4. The number of fused-ring (bicyclic) bond motifs is 6. The number of hydrogen-bond acceptors (Lipinski definition) is 4. The van der Waals surface area contributed by atoms with Gasteiger partial charge in [0.25, 0.3) is 0 Å². The Morgan fingerprint density at radius 2 is 0.920 bits per heavy atom. The van der Waals surface area contributed by atoms with Gasteiger partial charge in [0.2, 0.25) is 0 Å². The fraction of sp³-hybridized carbons (Fsp3) is 0.0435. The molecule has 4 nitrogen and oxygen atoms in total. The smallest absolute Gasteiger partial charge is 0.164 e. The van der Waals surface area contributed by atoms with Crippen molar-refractivity contribution in [3.63, 3.8) is 0 Å². The zero-order valence-electron chi connectivity index (χ0n) is 27.2. The topological polar surface area (TPSA) is 62.5 Å². The SMILES string of the molecule is N#Cc1ccc(-c2nc(-c3ccccc3)nc(-c3cccc(-c4cccc(C5=Cc6c(c7ccccc7c7ccccc67)CC5)c4)c3)n2)cc1. The quantitative estimate of drug-likeness (QED) is 0.176. The van der Waals surface area contributed by atoms with Gasteiger partial charge in [0.15, 0.2) is 17.5 Å². The van der Waals surface area contributed by atoms with Gasteiger partial charge in [0, 0.05) is 16.7 Å². The summed E-state index contributed by atoms with van der Waals surface area (Å²) < 4.78 is 0. The molecule has 0 radical (unpaired) electrons. The summed E-state index contributed by atoms with van der Waals surface area (Å²) in [7, 11) is 0. The van der Waals surface area contributed by atoms with Crippen LogP contribution in [0.2, 0.25) is 0 Å². The molecule has 0 atom stereocenters. The maximum absolute atomic E-state index is 9.31. The van der Waals surface area contributed by atoms with Crippen molar-refractivity contribution in [2.45, 2.75) is 12.8 Å². The number of hydrogen-bond donors (Lipinski definition) is 0. The van der Waals surface area contributed by atoms with Crippen LogP contribution in [0.4, 0.5) is 0 Å². The standard InChI is InChI=1S/C46H30N4/c47-29-30-20-22-32(23-21-30)45-48-44(31-10-2-1-3-11-31)49-46(50-45)37-15-9-14-35(27-37)33-12-8-13-34(26-33)36-24-25-42-40-18-5-4-16-38(40)39-17-6-7-19-41(39)43(42)28-36/h1-23,26-28H,24-25H2. The van der Waals surface area contributed by atoms with Crippen LogP contribution in [-0.2, 0) is 6.42 Å². The highest BCUT2D eigenvalue weighted by Crippen LogP contribution is 2.41. The Morgan fingerprint density at radius 3 is 1.60 bits per heavy atom. The second kappa shape index (κ2) is 12.4. The molecule has 0 spiro atoms. The van der Waals surface area contributed by atoms with Crippen LogP contribution in [0.1, 0.15) is 28.7 Å². The number of nitrogens with zero attached hydrogens (tertiary/aromatic N) is 4. The van der Waals surface area contributed by atoms with E-state index in [1.165, 1.54) is 43.8 Å². The second-order valence-corrected chi connectivity index (χ2v) is 12.7. The molecule has 0 N–H and O–H groups in total. The summed E-state index contributed by atoms with van der Waals surface area (Å²) in [5.41, 5.74) is 10.9. The minimum atomic E-state index is 0.565. The fourth-order valence-electron chi connectivity index (χ4n) is 7.19. The average Bonchev–Trinajstić information content (AvgIpc) is 3.21. The average molecular weight is 639 g/mol. The van der Waals surface area contributed by atoms with Gasteiger partial charge in [-0.15, -0.1) is 0 Å². The summed E-state index contributed by atoms with van der Waals surface area (Å²) in [5.74, 6) is 1.77. The number of rotatable bonds is 5. The van der Waals surface area contributed by atoms with E-state index >= 15 is 0 Å². The molecule has 1 aliphatic carbocycles. The molecule has 50 heavy (non-hydrogen) atoms. The lowest BCUT2D eigenvalue weighted by atomic mass is 9.82. The molecular weight excluding hydrogens is 609 g/mol. The van der Waals surface area contributed by atoms with Crippen LogP contribution in [0, 0.1) is 11.3 Å². The molecule has 1 aromatic heterocycles. The Bertz CT molecular complexity index is 2650. The molecule has 1 heterocycles. The highest BCUT2D eigenvalue weighted by atomic mass is 15.0. The predicted octanol–water partition coefficient (Wildman–Crippen LogP) is 11.2. The fourth-order valence-corrected chi connectivity index (χ4v) is 7.19. The van der Waals surface area contributed by atoms with E-state index in [0.717, 1.165) is 40.7 Å². The molecule has 4 heteroatoms. The summed E-state index contributed by atoms with van der Waals surface area (Å²) in [6.07, 6.45) is 4.42. The molecule has 0 saturated heterocycles. The van der Waals surface area contributed by atoms with E-state index in [2.05, 4.69) is 109 Å². The lowest BCUT2D eigenvalue weighted by Gasteiger charge is -2.22. The lowest BCUT2D eigenvalue weighted by Crippen LogP contribution is -2.02. The van der Waals surface area contributed by atoms with E-state index in [9.17, 15) is 5.26 Å². The second-order valence-electron chi connectivity index (χ2n) is 12.7. The summed E-state index contributed by atoms with van der Waals surface area (Å²) in [6, 6.07) is 54.4. The maximum Gasteiger partial charge on any atom is 0.164 e. The number of allylic oxidation sites excluding steroid dienone is 1. The third-order valence-electron chi connectivity index (χ3n) is 9.67. The summed E-state index contributed by atoms with van der Waals surface area (Å²) in [5, 5.41) is 14.6. The van der Waals surface area contributed by atoms with Gasteiger partial charge in [-0.05, 0) is 104 Å². The van der Waals surface area contributed by atoms with Crippen molar-refractivity contribution in [2.24, 2.45) is 0 Å². The number of aromatic nitrogens is 3. The first-order valence-corrected chi connectivity index (χ1v) is 16.9. The van der Waals surface area contributed by atoms with Crippen molar-refractivity contribution >= 4 is 33.2 Å². The van der Waals surface area contributed by atoms with E-state index in [-0.39, 0.29) is 0 Å². The van der Waals surface area contributed by atoms with Crippen molar-refractivity contribution in [1.29, 1.82) is 5.26 Å². The Labute approximate surface area is 290 Å². The van der Waals surface area contributed by atoms with Crippen molar-refractivity contribution in [3.05, 3.63) is 174 Å². The van der Waals surface area contributed by atoms with Crippen molar-refractivity contribution in [1.82, 2.24) is 15.0 Å². The van der Waals surface area contributed by atoms with Crippen LogP contribution in [0.3, 0.4) is 0 Å². The largest absolute Gasteiger partial charge is 0.208 e. The third-order valence-corrected chi connectivity index (χ3v) is 9.67. The molecule has 9 rings (SSSR count). The van der Waals surface area contributed by atoms with Gasteiger partial charge in [-0.3, -0.25) is 0 Å². The Kier molecular flexibility index (Phi) is 7.30. The Morgan fingerprint density at radius 1 is 0.420 bits per heavy atom. The van der Waals surface area contributed by atoms with Crippen molar-refractivity contribution in [2.75, 3.05) is 0 Å². The molecule has 8 aromatic rings. The molecule has 0 fully saturated rings. The van der Waals surface area contributed by atoms with Crippen LogP contribution >= 0.6 is 0 Å². The number of benzene rings is 7. The highest BCUT2D eigenvalue weighted by Gasteiger charge is 2.19. The molecule has 7 aromatic carbocycles. The van der Waals surface area contributed by atoms with E-state index in [0.29, 0.717) is 23.0 Å². The van der Waals surface area contributed by atoms with E-state index in [1.54, 1.807) is 12.1 Å².